The minimum Gasteiger partial charge on any atom is -0.338 e. The summed E-state index contributed by atoms with van der Waals surface area (Å²) in [6.07, 6.45) is 5.38. The van der Waals surface area contributed by atoms with E-state index >= 15 is 0 Å². The Labute approximate surface area is 222 Å². The maximum Gasteiger partial charge on any atom is 0.178 e. The molecule has 0 atom stereocenters. The lowest BCUT2D eigenvalue weighted by molar-refractivity contribution is 0.936. The molecule has 0 spiro atoms. The largest absolute Gasteiger partial charge is 0.338 e. The first-order valence-electron chi connectivity index (χ1n) is 12.9. The minimum atomic E-state index is -2.02. The summed E-state index contributed by atoms with van der Waals surface area (Å²) >= 11 is 0. The van der Waals surface area contributed by atoms with Crippen LogP contribution >= 0.6 is 0 Å². The molecule has 0 radical (unpaired) electrons. The molecule has 38 heavy (non-hydrogen) atoms. The van der Waals surface area contributed by atoms with Gasteiger partial charge in [-0.3, -0.25) is 4.57 Å². The molecule has 7 rings (SSSR count). The van der Waals surface area contributed by atoms with Crippen molar-refractivity contribution in [1.29, 1.82) is 0 Å². The normalized spacial score (nSPS) is 13.4. The second-order valence-electron chi connectivity index (χ2n) is 10.4. The van der Waals surface area contributed by atoms with Gasteiger partial charge in [0.15, 0.2) is 11.6 Å². The smallest absolute Gasteiger partial charge is 0.178 e. The van der Waals surface area contributed by atoms with E-state index in [0.29, 0.717) is 0 Å². The molecule has 1 aliphatic rings. The fraction of sp³-hybridized carbons (Fsp3) is 0.129. The summed E-state index contributed by atoms with van der Waals surface area (Å²) in [5.74, 6) is 2.77. The van der Waals surface area contributed by atoms with Gasteiger partial charge in [-0.2, -0.15) is 0 Å². The van der Waals surface area contributed by atoms with E-state index in [1.165, 1.54) is 32.2 Å². The highest BCUT2D eigenvalue weighted by atomic mass is 28.3. The monoisotopic (exact) mass is 512 g/mol. The highest BCUT2D eigenvalue weighted by Crippen LogP contribution is 2.36. The third kappa shape index (κ3) is 3.43. The first kappa shape index (κ1) is 22.7. The second kappa shape index (κ2) is 8.53. The van der Waals surface area contributed by atoms with E-state index in [1.54, 1.807) is 12.4 Å². The molecule has 0 unspecified atom stereocenters. The Balaban J connectivity index is 1.34. The molecule has 3 aromatic heterocycles. The van der Waals surface area contributed by atoms with Crippen LogP contribution in [0.4, 0.5) is 17.3 Å². The van der Waals surface area contributed by atoms with Crippen molar-refractivity contribution >= 4 is 57.6 Å². The SMILES string of the molecule is CN1CN(c2cccc([Si](C)(C)c3ccc4c(c3)c3ccccc3n4-c3ccccn3)c2)c2nccnc21. The molecular formula is C31H28N6Si. The third-order valence-corrected chi connectivity index (χ3v) is 11.3. The molecule has 0 saturated carbocycles. The van der Waals surface area contributed by atoms with Crippen molar-refractivity contribution in [3.8, 4) is 5.82 Å². The number of para-hydroxylation sites is 1. The summed E-state index contributed by atoms with van der Waals surface area (Å²) in [4.78, 5) is 18.2. The molecule has 0 fully saturated rings. The maximum atomic E-state index is 4.66. The molecule has 3 aromatic carbocycles. The Morgan fingerprint density at radius 1 is 0.658 bits per heavy atom. The van der Waals surface area contributed by atoms with Crippen LogP contribution in [0.5, 0.6) is 0 Å². The highest BCUT2D eigenvalue weighted by molar-refractivity contribution is 7.00. The first-order valence-corrected chi connectivity index (χ1v) is 15.9. The molecule has 0 saturated heterocycles. The maximum absolute atomic E-state index is 4.66. The molecule has 6 aromatic rings. The van der Waals surface area contributed by atoms with E-state index in [9.17, 15) is 0 Å². The first-order chi connectivity index (χ1) is 18.5. The van der Waals surface area contributed by atoms with E-state index in [0.717, 1.165) is 29.8 Å². The summed E-state index contributed by atoms with van der Waals surface area (Å²) in [7, 11) is 0.0399. The summed E-state index contributed by atoms with van der Waals surface area (Å²) < 4.78 is 2.27. The van der Waals surface area contributed by atoms with Crippen molar-refractivity contribution in [2.45, 2.75) is 13.1 Å². The molecule has 0 aliphatic carbocycles. The molecule has 1 aliphatic heterocycles. The van der Waals surface area contributed by atoms with Crippen LogP contribution in [0, 0.1) is 0 Å². The van der Waals surface area contributed by atoms with Gasteiger partial charge >= 0.3 is 0 Å². The van der Waals surface area contributed by atoms with Crippen LogP contribution in [0.2, 0.25) is 13.1 Å². The lowest BCUT2D eigenvalue weighted by Gasteiger charge is -2.26. The van der Waals surface area contributed by atoms with Crippen molar-refractivity contribution in [2.75, 3.05) is 23.5 Å². The van der Waals surface area contributed by atoms with E-state index in [4.69, 9.17) is 0 Å². The number of rotatable bonds is 4. The molecule has 0 amide bonds. The summed E-state index contributed by atoms with van der Waals surface area (Å²) in [5.41, 5.74) is 3.52. The van der Waals surface area contributed by atoms with E-state index in [-0.39, 0.29) is 0 Å². The summed E-state index contributed by atoms with van der Waals surface area (Å²) in [6, 6.07) is 30.7. The molecule has 0 N–H and O–H groups in total. The highest BCUT2D eigenvalue weighted by Gasteiger charge is 2.30. The Bertz CT molecular complexity index is 1810. The van der Waals surface area contributed by atoms with Crippen molar-refractivity contribution < 1.29 is 0 Å². The quantitative estimate of drug-likeness (QED) is 0.299. The lowest BCUT2D eigenvalue weighted by Crippen LogP contribution is -2.52. The van der Waals surface area contributed by atoms with Crippen LogP contribution in [0.15, 0.2) is 104 Å². The predicted octanol–water partition coefficient (Wildman–Crippen LogP) is 5.34. The summed E-state index contributed by atoms with van der Waals surface area (Å²) in [6.45, 7) is 5.62. The zero-order valence-corrected chi connectivity index (χ0v) is 22.7. The predicted molar refractivity (Wildman–Crippen MR) is 159 cm³/mol. The summed E-state index contributed by atoms with van der Waals surface area (Å²) in [5, 5.41) is 5.32. The van der Waals surface area contributed by atoms with E-state index in [2.05, 4.69) is 122 Å². The van der Waals surface area contributed by atoms with Gasteiger partial charge in [-0.05, 0) is 36.4 Å². The van der Waals surface area contributed by atoms with Gasteiger partial charge in [0, 0.05) is 42.1 Å². The van der Waals surface area contributed by atoms with Gasteiger partial charge < -0.3 is 9.80 Å². The van der Waals surface area contributed by atoms with Crippen LogP contribution in [-0.4, -0.2) is 41.3 Å². The Morgan fingerprint density at radius 2 is 1.42 bits per heavy atom. The van der Waals surface area contributed by atoms with Crippen LogP contribution in [0.1, 0.15) is 0 Å². The van der Waals surface area contributed by atoms with Gasteiger partial charge in [0.05, 0.1) is 17.7 Å². The van der Waals surface area contributed by atoms with E-state index in [1.807, 2.05) is 18.3 Å². The minimum absolute atomic E-state index is 0.740. The van der Waals surface area contributed by atoms with Crippen LogP contribution in [-0.2, 0) is 0 Å². The molecule has 186 valence electrons. The van der Waals surface area contributed by atoms with Gasteiger partial charge in [0.25, 0.3) is 0 Å². The number of benzene rings is 3. The number of nitrogens with zero attached hydrogens (tertiary/aromatic N) is 6. The zero-order valence-electron chi connectivity index (χ0n) is 21.7. The van der Waals surface area contributed by atoms with Crippen LogP contribution in [0.3, 0.4) is 0 Å². The van der Waals surface area contributed by atoms with Crippen LogP contribution in [0.25, 0.3) is 27.6 Å². The lowest BCUT2D eigenvalue weighted by atomic mass is 10.1. The zero-order chi connectivity index (χ0) is 25.9. The van der Waals surface area contributed by atoms with Crippen LogP contribution < -0.4 is 20.2 Å². The van der Waals surface area contributed by atoms with Gasteiger partial charge in [-0.15, -0.1) is 0 Å². The van der Waals surface area contributed by atoms with Crippen molar-refractivity contribution in [1.82, 2.24) is 19.5 Å². The fourth-order valence-electron chi connectivity index (χ4n) is 5.66. The Kier molecular flexibility index (Phi) is 5.09. The van der Waals surface area contributed by atoms with Crippen molar-refractivity contribution in [3.05, 3.63) is 104 Å². The average molecular weight is 513 g/mol. The second-order valence-corrected chi connectivity index (χ2v) is 14.8. The topological polar surface area (TPSA) is 50.1 Å². The van der Waals surface area contributed by atoms with Gasteiger partial charge in [-0.25, -0.2) is 15.0 Å². The molecule has 6 nitrogen and oxygen atoms in total. The Hall–Kier alpha value is -4.49. The number of hydrogen-bond donors (Lipinski definition) is 0. The van der Waals surface area contributed by atoms with Gasteiger partial charge in [0.1, 0.15) is 13.9 Å². The van der Waals surface area contributed by atoms with Crippen molar-refractivity contribution in [3.63, 3.8) is 0 Å². The number of pyridine rings is 1. The van der Waals surface area contributed by atoms with Gasteiger partial charge in [0.2, 0.25) is 0 Å². The molecular weight excluding hydrogens is 484 g/mol. The average Bonchev–Trinajstić information content (AvgIpc) is 3.48. The molecule has 4 heterocycles. The molecule has 0 bridgehead atoms. The number of fused-ring (bicyclic) bond motifs is 4. The van der Waals surface area contributed by atoms with Crippen molar-refractivity contribution in [2.24, 2.45) is 0 Å². The number of anilines is 3. The third-order valence-electron chi connectivity index (χ3n) is 7.78. The Morgan fingerprint density at radius 3 is 2.26 bits per heavy atom. The van der Waals surface area contributed by atoms with Gasteiger partial charge in [-0.1, -0.05) is 72.0 Å². The number of hydrogen-bond acceptors (Lipinski definition) is 5. The standard InChI is InChI=1S/C31H28N6Si/c1-35-21-36(31-30(35)33-17-18-34-31)22-9-8-10-23(19-22)38(2,3)24-14-15-28-26(20-24)25-11-4-5-12-27(25)37(28)29-13-6-7-16-32-29/h4-20H,21H2,1-3H3. The van der Waals surface area contributed by atoms with E-state index < -0.39 is 8.07 Å². The molecule has 7 heteroatoms. The number of aromatic nitrogens is 4. The fourth-order valence-corrected chi connectivity index (χ4v) is 8.02.